The molecule has 1 aliphatic rings. The molecular formula is C20H18N4O4. The van der Waals surface area contributed by atoms with Crippen molar-refractivity contribution in [3.63, 3.8) is 0 Å². The van der Waals surface area contributed by atoms with Gasteiger partial charge in [0.1, 0.15) is 5.75 Å². The summed E-state index contributed by atoms with van der Waals surface area (Å²) in [6.45, 7) is 0.608. The van der Waals surface area contributed by atoms with Crippen LogP contribution in [0.2, 0.25) is 0 Å². The first-order chi connectivity index (χ1) is 13.7. The van der Waals surface area contributed by atoms with Gasteiger partial charge in [-0.15, -0.1) is 10.2 Å². The molecule has 1 fully saturated rings. The van der Waals surface area contributed by atoms with Crippen LogP contribution in [0.3, 0.4) is 0 Å². The minimum Gasteiger partial charge on any atom is -0.484 e. The first-order valence-corrected chi connectivity index (χ1v) is 8.89. The van der Waals surface area contributed by atoms with Crippen LogP contribution in [0, 0.1) is 0 Å². The molecule has 8 nitrogen and oxygen atoms in total. The zero-order valence-electron chi connectivity index (χ0n) is 15.0. The summed E-state index contributed by atoms with van der Waals surface area (Å²) >= 11 is 0. The van der Waals surface area contributed by atoms with E-state index in [2.05, 4.69) is 15.5 Å². The molecule has 0 bridgehead atoms. The van der Waals surface area contributed by atoms with Crippen LogP contribution in [0.5, 0.6) is 5.75 Å². The summed E-state index contributed by atoms with van der Waals surface area (Å²) in [5.74, 6) is 0.784. The standard InChI is InChI=1S/C20H18N4O4/c25-18(22-15-4-1-3-14(11-15)20-23-21-13-28-20)12-27-17-8-6-16(7-9-17)24-10-2-5-19(24)26/h1,3-4,6-9,11,13H,2,5,10,12H2,(H,22,25). The van der Waals surface area contributed by atoms with Gasteiger partial charge < -0.3 is 19.4 Å². The van der Waals surface area contributed by atoms with E-state index in [4.69, 9.17) is 9.15 Å². The average Bonchev–Trinajstić information content (AvgIpc) is 3.39. The molecule has 2 aromatic carbocycles. The Kier molecular flexibility index (Phi) is 5.01. The third-order valence-corrected chi connectivity index (χ3v) is 4.35. The molecule has 1 aliphatic heterocycles. The van der Waals surface area contributed by atoms with Crippen molar-refractivity contribution in [2.75, 3.05) is 23.4 Å². The predicted octanol–water partition coefficient (Wildman–Crippen LogP) is 2.88. The molecule has 3 aromatic rings. The Morgan fingerprint density at radius 2 is 2.07 bits per heavy atom. The topological polar surface area (TPSA) is 97.6 Å². The number of nitrogens with one attached hydrogen (secondary N) is 1. The molecule has 0 aliphatic carbocycles. The monoisotopic (exact) mass is 378 g/mol. The molecule has 1 aromatic heterocycles. The second-order valence-electron chi connectivity index (χ2n) is 6.30. The van der Waals surface area contributed by atoms with Gasteiger partial charge in [0, 0.05) is 29.9 Å². The minimum absolute atomic E-state index is 0.132. The van der Waals surface area contributed by atoms with Crippen molar-refractivity contribution in [2.24, 2.45) is 0 Å². The SMILES string of the molecule is O=C(COc1ccc(N2CCCC2=O)cc1)Nc1cccc(-c2nnco2)c1. The summed E-state index contributed by atoms with van der Waals surface area (Å²) in [7, 11) is 0. The van der Waals surface area contributed by atoms with Crippen molar-refractivity contribution in [3.05, 3.63) is 54.9 Å². The third kappa shape index (κ3) is 4.01. The summed E-state index contributed by atoms with van der Waals surface area (Å²) in [6, 6.07) is 14.3. The van der Waals surface area contributed by atoms with E-state index in [1.165, 1.54) is 6.39 Å². The molecule has 0 spiro atoms. The molecule has 0 radical (unpaired) electrons. The average molecular weight is 378 g/mol. The first-order valence-electron chi connectivity index (χ1n) is 8.89. The van der Waals surface area contributed by atoms with Crippen LogP contribution in [0.1, 0.15) is 12.8 Å². The van der Waals surface area contributed by atoms with Gasteiger partial charge in [-0.25, -0.2) is 0 Å². The van der Waals surface area contributed by atoms with E-state index in [0.29, 0.717) is 29.3 Å². The Morgan fingerprint density at radius 3 is 2.79 bits per heavy atom. The Hall–Kier alpha value is -3.68. The zero-order valence-corrected chi connectivity index (χ0v) is 15.0. The highest BCUT2D eigenvalue weighted by molar-refractivity contribution is 5.95. The van der Waals surface area contributed by atoms with Crippen LogP contribution in [-0.4, -0.2) is 35.2 Å². The largest absolute Gasteiger partial charge is 0.484 e. The highest BCUT2D eigenvalue weighted by atomic mass is 16.5. The van der Waals surface area contributed by atoms with Crippen molar-refractivity contribution in [1.29, 1.82) is 0 Å². The van der Waals surface area contributed by atoms with Gasteiger partial charge in [0.15, 0.2) is 6.61 Å². The van der Waals surface area contributed by atoms with E-state index >= 15 is 0 Å². The van der Waals surface area contributed by atoms with Crippen molar-refractivity contribution >= 4 is 23.2 Å². The zero-order chi connectivity index (χ0) is 19.3. The molecule has 2 heterocycles. The lowest BCUT2D eigenvalue weighted by molar-refractivity contribution is -0.118. The molecule has 4 rings (SSSR count). The summed E-state index contributed by atoms with van der Waals surface area (Å²) in [6.07, 6.45) is 2.72. The second kappa shape index (κ2) is 7.91. The van der Waals surface area contributed by atoms with Gasteiger partial charge in [-0.05, 0) is 48.9 Å². The number of amides is 2. The summed E-state index contributed by atoms with van der Waals surface area (Å²) in [5, 5.41) is 10.3. The molecule has 0 saturated carbocycles. The van der Waals surface area contributed by atoms with Crippen LogP contribution >= 0.6 is 0 Å². The van der Waals surface area contributed by atoms with Crippen molar-refractivity contribution in [3.8, 4) is 17.2 Å². The Labute approximate surface area is 161 Å². The van der Waals surface area contributed by atoms with E-state index in [1.54, 1.807) is 35.2 Å². The Balaban J connectivity index is 1.32. The highest BCUT2D eigenvalue weighted by Crippen LogP contribution is 2.24. The van der Waals surface area contributed by atoms with Gasteiger partial charge in [0.2, 0.25) is 18.2 Å². The molecule has 0 atom stereocenters. The molecular weight excluding hydrogens is 360 g/mol. The minimum atomic E-state index is -0.290. The van der Waals surface area contributed by atoms with Gasteiger partial charge in [0.05, 0.1) is 0 Å². The number of rotatable bonds is 6. The normalized spacial score (nSPS) is 13.6. The smallest absolute Gasteiger partial charge is 0.262 e. The lowest BCUT2D eigenvalue weighted by Crippen LogP contribution is -2.23. The van der Waals surface area contributed by atoms with Crippen LogP contribution < -0.4 is 15.0 Å². The fourth-order valence-corrected chi connectivity index (χ4v) is 3.02. The molecule has 28 heavy (non-hydrogen) atoms. The third-order valence-electron chi connectivity index (χ3n) is 4.35. The number of aromatic nitrogens is 2. The number of anilines is 2. The highest BCUT2D eigenvalue weighted by Gasteiger charge is 2.21. The maximum absolute atomic E-state index is 12.2. The fourth-order valence-electron chi connectivity index (χ4n) is 3.02. The quantitative estimate of drug-likeness (QED) is 0.708. The lowest BCUT2D eigenvalue weighted by atomic mass is 10.2. The number of hydrogen-bond acceptors (Lipinski definition) is 6. The number of carbonyl (C=O) groups excluding carboxylic acids is 2. The maximum Gasteiger partial charge on any atom is 0.262 e. The molecule has 0 unspecified atom stereocenters. The van der Waals surface area contributed by atoms with E-state index in [0.717, 1.165) is 18.7 Å². The summed E-state index contributed by atoms with van der Waals surface area (Å²) in [4.78, 5) is 25.7. The number of hydrogen-bond donors (Lipinski definition) is 1. The second-order valence-corrected chi connectivity index (χ2v) is 6.30. The van der Waals surface area contributed by atoms with E-state index in [1.807, 2.05) is 18.2 Å². The van der Waals surface area contributed by atoms with E-state index < -0.39 is 0 Å². The van der Waals surface area contributed by atoms with Crippen LogP contribution in [0.4, 0.5) is 11.4 Å². The maximum atomic E-state index is 12.2. The van der Waals surface area contributed by atoms with Crippen LogP contribution in [0.25, 0.3) is 11.5 Å². The molecule has 142 valence electrons. The van der Waals surface area contributed by atoms with Crippen LogP contribution in [-0.2, 0) is 9.59 Å². The van der Waals surface area contributed by atoms with Crippen LogP contribution in [0.15, 0.2) is 59.3 Å². The van der Waals surface area contributed by atoms with E-state index in [9.17, 15) is 9.59 Å². The van der Waals surface area contributed by atoms with Gasteiger partial charge in [-0.1, -0.05) is 6.07 Å². The Bertz CT molecular complexity index is 970. The fraction of sp³-hybridized carbons (Fsp3) is 0.200. The summed E-state index contributed by atoms with van der Waals surface area (Å²) < 4.78 is 10.7. The van der Waals surface area contributed by atoms with Gasteiger partial charge >= 0.3 is 0 Å². The number of benzene rings is 2. The number of carbonyl (C=O) groups is 2. The van der Waals surface area contributed by atoms with Crippen molar-refractivity contribution in [1.82, 2.24) is 10.2 Å². The van der Waals surface area contributed by atoms with Gasteiger partial charge in [-0.3, -0.25) is 9.59 Å². The Morgan fingerprint density at radius 1 is 1.21 bits per heavy atom. The van der Waals surface area contributed by atoms with E-state index in [-0.39, 0.29) is 18.4 Å². The number of ether oxygens (including phenoxy) is 1. The number of nitrogens with zero attached hydrogens (tertiary/aromatic N) is 3. The molecule has 1 saturated heterocycles. The van der Waals surface area contributed by atoms with Crippen molar-refractivity contribution in [2.45, 2.75) is 12.8 Å². The predicted molar refractivity (Wildman–Crippen MR) is 102 cm³/mol. The molecule has 2 amide bonds. The van der Waals surface area contributed by atoms with Crippen molar-refractivity contribution < 1.29 is 18.7 Å². The molecule has 1 N–H and O–H groups in total. The first kappa shape index (κ1) is 17.7. The lowest BCUT2D eigenvalue weighted by Gasteiger charge is -2.16. The summed E-state index contributed by atoms with van der Waals surface area (Å²) in [5.41, 5.74) is 2.16. The van der Waals surface area contributed by atoms with Gasteiger partial charge in [-0.2, -0.15) is 0 Å². The molecule has 8 heteroatoms. The van der Waals surface area contributed by atoms with Gasteiger partial charge in [0.25, 0.3) is 5.91 Å².